The van der Waals surface area contributed by atoms with Gasteiger partial charge in [0, 0.05) is 48.2 Å². The Labute approximate surface area is 196 Å². The largest absolute Gasteiger partial charge is 0.379 e. The van der Waals surface area contributed by atoms with Crippen molar-refractivity contribution in [3.8, 4) is 0 Å². The van der Waals surface area contributed by atoms with Gasteiger partial charge in [-0.05, 0) is 11.1 Å². The summed E-state index contributed by atoms with van der Waals surface area (Å²) in [7, 11) is 0. The van der Waals surface area contributed by atoms with Gasteiger partial charge in [0.05, 0.1) is 65.8 Å². The average Bonchev–Trinajstić information content (AvgIpc) is 3.15. The Bertz CT molecular complexity index is 720. The van der Waals surface area contributed by atoms with Crippen LogP contribution in [0, 0.1) is 0 Å². The van der Waals surface area contributed by atoms with Gasteiger partial charge in [-0.2, -0.15) is 0 Å². The molecule has 0 radical (unpaired) electrons. The van der Waals surface area contributed by atoms with Crippen LogP contribution in [0.15, 0.2) is 22.4 Å². The lowest BCUT2D eigenvalue weighted by atomic mass is 10.3. The molecule has 0 atom stereocenters. The van der Waals surface area contributed by atoms with Crippen LogP contribution in [0.2, 0.25) is 0 Å². The zero-order valence-corrected chi connectivity index (χ0v) is 19.0. The van der Waals surface area contributed by atoms with Gasteiger partial charge in [-0.15, -0.1) is 0 Å². The molecule has 0 unspecified atom stereocenters. The molecule has 1 rings (SSSR count). The number of azide groups is 2. The predicted octanol–water partition coefficient (Wildman–Crippen LogP) is 0.817. The first-order valence-electron chi connectivity index (χ1n) is 10.7. The van der Waals surface area contributed by atoms with Crippen molar-refractivity contribution in [3.63, 3.8) is 0 Å². The molecule has 0 fully saturated rings. The van der Waals surface area contributed by atoms with E-state index in [0.717, 1.165) is 4.90 Å². The van der Waals surface area contributed by atoms with Crippen LogP contribution in [-0.4, -0.2) is 113 Å². The number of carbonyl (C=O) groups excluding carboxylic acids is 3. The number of ether oxygens (including phenoxy) is 4. The second kappa shape index (κ2) is 19.3. The summed E-state index contributed by atoms with van der Waals surface area (Å²) in [6.45, 7) is 3.26. The van der Waals surface area contributed by atoms with E-state index in [1.165, 1.54) is 12.2 Å². The normalized spacial score (nSPS) is 12.5. The van der Waals surface area contributed by atoms with Gasteiger partial charge in [-0.25, -0.2) is 0 Å². The minimum absolute atomic E-state index is 0.142. The molecule has 34 heavy (non-hydrogen) atoms. The first-order chi connectivity index (χ1) is 16.6. The fourth-order valence-electron chi connectivity index (χ4n) is 2.66. The van der Waals surface area contributed by atoms with Gasteiger partial charge >= 0.3 is 0 Å². The fraction of sp³-hybridized carbons (Fsp3) is 0.737. The summed E-state index contributed by atoms with van der Waals surface area (Å²) in [5.74, 6) is -0.845. The van der Waals surface area contributed by atoms with Crippen LogP contribution >= 0.6 is 0 Å². The number of rotatable bonds is 21. The minimum atomic E-state index is -0.352. The number of amides is 3. The highest BCUT2D eigenvalue weighted by Crippen LogP contribution is 2.02. The van der Waals surface area contributed by atoms with E-state index in [-0.39, 0.29) is 96.6 Å². The Hall–Kier alpha value is -3.19. The summed E-state index contributed by atoms with van der Waals surface area (Å²) >= 11 is 0. The lowest BCUT2D eigenvalue weighted by Gasteiger charge is -2.22. The topological polar surface area (TPSA) is 192 Å². The van der Waals surface area contributed by atoms with Crippen LogP contribution in [-0.2, 0) is 33.3 Å². The van der Waals surface area contributed by atoms with Crippen molar-refractivity contribution >= 4 is 17.7 Å². The molecule has 1 heterocycles. The lowest BCUT2D eigenvalue weighted by Crippen LogP contribution is -2.37. The molecular formula is C19H30N8O7. The smallest absolute Gasteiger partial charge is 0.253 e. The third-order valence-electron chi connectivity index (χ3n) is 4.35. The molecule has 1 aliphatic heterocycles. The Morgan fingerprint density at radius 3 is 1.82 bits per heavy atom. The molecular weight excluding hydrogens is 452 g/mol. The molecule has 0 aromatic heterocycles. The van der Waals surface area contributed by atoms with Crippen LogP contribution in [0.4, 0.5) is 0 Å². The van der Waals surface area contributed by atoms with E-state index < -0.39 is 0 Å². The quantitative estimate of drug-likeness (QED) is 0.0759. The van der Waals surface area contributed by atoms with Gasteiger partial charge in [-0.1, -0.05) is 10.2 Å². The van der Waals surface area contributed by atoms with Crippen molar-refractivity contribution in [2.24, 2.45) is 10.2 Å². The summed E-state index contributed by atoms with van der Waals surface area (Å²) in [6, 6.07) is 0. The Kier molecular flexibility index (Phi) is 16.4. The summed E-state index contributed by atoms with van der Waals surface area (Å²) in [5, 5.41) is 6.74. The van der Waals surface area contributed by atoms with E-state index in [2.05, 4.69) is 20.1 Å². The molecule has 0 aliphatic carbocycles. The highest BCUT2D eigenvalue weighted by Gasteiger charge is 2.22. The van der Waals surface area contributed by atoms with Gasteiger partial charge in [0.2, 0.25) is 5.91 Å². The summed E-state index contributed by atoms with van der Waals surface area (Å²) in [6.07, 6.45) is 2.59. The molecule has 1 aliphatic rings. The molecule has 0 aromatic carbocycles. The molecule has 3 amide bonds. The van der Waals surface area contributed by atoms with E-state index >= 15 is 0 Å². The number of hydrogen-bond acceptors (Lipinski definition) is 9. The number of nitrogens with zero attached hydrogens (tertiary/aromatic N) is 8. The van der Waals surface area contributed by atoms with E-state index in [4.69, 9.17) is 30.0 Å². The van der Waals surface area contributed by atoms with E-state index in [0.29, 0.717) is 13.1 Å². The maximum absolute atomic E-state index is 12.5. The third-order valence-corrected chi connectivity index (χ3v) is 4.35. The molecule has 15 heteroatoms. The SMILES string of the molecule is [N-]=[N+]=NCCOCCN(CCOCCN=[N+]=[N-])C(=O)CCOCCOCCN1C(=O)C=CC1=O. The van der Waals surface area contributed by atoms with Crippen LogP contribution in [0.25, 0.3) is 20.9 Å². The summed E-state index contributed by atoms with van der Waals surface area (Å²) < 4.78 is 21.5. The molecule has 0 aromatic rings. The summed E-state index contributed by atoms with van der Waals surface area (Å²) in [4.78, 5) is 43.3. The fourth-order valence-corrected chi connectivity index (χ4v) is 2.66. The molecule has 15 nitrogen and oxygen atoms in total. The number of carbonyl (C=O) groups is 3. The Morgan fingerprint density at radius 2 is 1.29 bits per heavy atom. The second-order valence-electron chi connectivity index (χ2n) is 6.65. The van der Waals surface area contributed by atoms with Crippen molar-refractivity contribution in [3.05, 3.63) is 33.0 Å². The molecule has 0 saturated heterocycles. The Balaban J connectivity index is 2.20. The van der Waals surface area contributed by atoms with Crippen LogP contribution < -0.4 is 0 Å². The highest BCUT2D eigenvalue weighted by atomic mass is 16.5. The average molecular weight is 482 g/mol. The summed E-state index contributed by atoms with van der Waals surface area (Å²) in [5.41, 5.74) is 16.5. The molecule has 0 saturated carbocycles. The first-order valence-corrected chi connectivity index (χ1v) is 10.7. The zero-order chi connectivity index (χ0) is 24.9. The number of imide groups is 1. The lowest BCUT2D eigenvalue weighted by molar-refractivity contribution is -0.137. The highest BCUT2D eigenvalue weighted by molar-refractivity contribution is 6.12. The maximum atomic E-state index is 12.5. The van der Waals surface area contributed by atoms with E-state index in [9.17, 15) is 14.4 Å². The van der Waals surface area contributed by atoms with E-state index in [1.807, 2.05) is 0 Å². The van der Waals surface area contributed by atoms with E-state index in [1.54, 1.807) is 4.90 Å². The van der Waals surface area contributed by atoms with Gasteiger partial charge in [0.15, 0.2) is 0 Å². The molecule has 0 spiro atoms. The predicted molar refractivity (Wildman–Crippen MR) is 118 cm³/mol. The van der Waals surface area contributed by atoms with Crippen molar-refractivity contribution < 1.29 is 33.3 Å². The standard InChI is InChI=1S/C19H30N8O7/c20-24-22-4-10-32-12-6-26(7-13-33-11-5-23-25-21)17(28)3-9-31-15-16-34-14-8-27-18(29)1-2-19(27)30/h1-2H,3-16H2. The third kappa shape index (κ3) is 13.4. The van der Waals surface area contributed by atoms with Gasteiger partial charge in [-0.3, -0.25) is 19.3 Å². The van der Waals surface area contributed by atoms with Crippen molar-refractivity contribution in [1.29, 1.82) is 0 Å². The van der Waals surface area contributed by atoms with Crippen LogP contribution in [0.1, 0.15) is 6.42 Å². The molecule has 188 valence electrons. The van der Waals surface area contributed by atoms with Crippen LogP contribution in [0.3, 0.4) is 0 Å². The molecule has 0 bridgehead atoms. The second-order valence-corrected chi connectivity index (χ2v) is 6.65. The maximum Gasteiger partial charge on any atom is 0.253 e. The first kappa shape index (κ1) is 28.8. The monoisotopic (exact) mass is 482 g/mol. The van der Waals surface area contributed by atoms with Gasteiger partial charge in [0.25, 0.3) is 11.8 Å². The minimum Gasteiger partial charge on any atom is -0.379 e. The zero-order valence-electron chi connectivity index (χ0n) is 19.0. The van der Waals surface area contributed by atoms with Crippen molar-refractivity contribution in [2.75, 3.05) is 85.6 Å². The van der Waals surface area contributed by atoms with Crippen molar-refractivity contribution in [1.82, 2.24) is 9.80 Å². The Morgan fingerprint density at radius 1 is 0.794 bits per heavy atom. The van der Waals surface area contributed by atoms with Crippen molar-refractivity contribution in [2.45, 2.75) is 6.42 Å². The van der Waals surface area contributed by atoms with Gasteiger partial charge < -0.3 is 23.8 Å². The number of hydrogen-bond donors (Lipinski definition) is 0. The van der Waals surface area contributed by atoms with Crippen LogP contribution in [0.5, 0.6) is 0 Å². The molecule has 0 N–H and O–H groups in total. The van der Waals surface area contributed by atoms with Gasteiger partial charge in [0.1, 0.15) is 0 Å².